The van der Waals surface area contributed by atoms with Gasteiger partial charge in [-0.3, -0.25) is 14.4 Å². The smallest absolute Gasteiger partial charge is 0.325 e. The van der Waals surface area contributed by atoms with Crippen LogP contribution in [0.25, 0.3) is 5.69 Å². The van der Waals surface area contributed by atoms with Gasteiger partial charge in [-0.2, -0.15) is 5.10 Å². The van der Waals surface area contributed by atoms with Crippen molar-refractivity contribution in [3.8, 4) is 5.69 Å². The number of amides is 2. The number of aromatic nitrogens is 2. The summed E-state index contributed by atoms with van der Waals surface area (Å²) in [7, 11) is 0. The molecule has 2 N–H and O–H groups in total. The molecule has 2 amide bonds. The van der Waals surface area contributed by atoms with Crippen molar-refractivity contribution in [2.45, 2.75) is 6.92 Å². The van der Waals surface area contributed by atoms with Crippen LogP contribution in [0.5, 0.6) is 0 Å². The van der Waals surface area contributed by atoms with Gasteiger partial charge in [0.25, 0.3) is 11.8 Å². The van der Waals surface area contributed by atoms with E-state index >= 15 is 0 Å². The molecule has 0 aliphatic carbocycles. The lowest BCUT2D eigenvalue weighted by Crippen LogP contribution is -2.32. The number of esters is 1. The van der Waals surface area contributed by atoms with Gasteiger partial charge in [0.2, 0.25) is 0 Å². The largest absolute Gasteiger partial charge is 0.459 e. The second-order valence-electron chi connectivity index (χ2n) is 5.79. The van der Waals surface area contributed by atoms with Crippen molar-refractivity contribution in [2.75, 3.05) is 18.5 Å². The number of furan rings is 1. The minimum atomic E-state index is -0.747. The average molecular weight is 382 g/mol. The lowest BCUT2D eigenvalue weighted by Gasteiger charge is -2.09. The number of nitrogens with one attached hydrogen (secondary N) is 2. The van der Waals surface area contributed by atoms with Gasteiger partial charge in [0.15, 0.2) is 12.4 Å². The Balaban J connectivity index is 1.50. The molecule has 1 aromatic carbocycles. The number of ether oxygens (including phenoxy) is 1. The lowest BCUT2D eigenvalue weighted by molar-refractivity contribution is -0.146. The van der Waals surface area contributed by atoms with E-state index < -0.39 is 24.4 Å². The van der Waals surface area contributed by atoms with Crippen molar-refractivity contribution in [3.63, 3.8) is 0 Å². The number of carbonyl (C=O) groups is 3. The normalized spacial score (nSPS) is 10.3. The summed E-state index contributed by atoms with van der Waals surface area (Å²) >= 11 is 0. The molecular weight excluding hydrogens is 364 g/mol. The molecule has 9 heteroatoms. The van der Waals surface area contributed by atoms with Gasteiger partial charge >= 0.3 is 5.97 Å². The first kappa shape index (κ1) is 18.9. The molecule has 2 heterocycles. The Hall–Kier alpha value is -3.88. The Labute approximate surface area is 160 Å². The maximum atomic E-state index is 12.1. The first-order chi connectivity index (χ1) is 13.5. The Morgan fingerprint density at radius 3 is 2.64 bits per heavy atom. The minimum Gasteiger partial charge on any atom is -0.459 e. The zero-order chi connectivity index (χ0) is 19.9. The summed E-state index contributed by atoms with van der Waals surface area (Å²) in [6.45, 7) is 0.930. The Kier molecular flexibility index (Phi) is 5.85. The van der Waals surface area contributed by atoms with E-state index in [4.69, 9.17) is 9.15 Å². The van der Waals surface area contributed by atoms with Crippen LogP contribution in [-0.4, -0.2) is 40.7 Å². The molecule has 0 fully saturated rings. The summed E-state index contributed by atoms with van der Waals surface area (Å²) < 4.78 is 11.4. The lowest BCUT2D eigenvalue weighted by atomic mass is 10.3. The molecule has 9 nitrogen and oxygen atoms in total. The second kappa shape index (κ2) is 8.67. The summed E-state index contributed by atoms with van der Waals surface area (Å²) in [6, 6.07) is 14.0. The Morgan fingerprint density at radius 2 is 1.93 bits per heavy atom. The number of benzene rings is 1. The summed E-state index contributed by atoms with van der Waals surface area (Å²) in [5.41, 5.74) is 1.50. The van der Waals surface area contributed by atoms with Crippen molar-refractivity contribution in [1.29, 1.82) is 0 Å². The molecule has 0 saturated carbocycles. The van der Waals surface area contributed by atoms with Gasteiger partial charge in [-0.15, -0.1) is 0 Å². The van der Waals surface area contributed by atoms with Crippen molar-refractivity contribution < 1.29 is 23.5 Å². The molecule has 3 rings (SSSR count). The number of carbonyl (C=O) groups excluding carboxylic acids is 3. The molecule has 0 bridgehead atoms. The van der Waals surface area contributed by atoms with Gasteiger partial charge in [0.1, 0.15) is 12.4 Å². The highest BCUT2D eigenvalue weighted by Gasteiger charge is 2.14. The number of hydrogen-bond donors (Lipinski definition) is 2. The van der Waals surface area contributed by atoms with Crippen LogP contribution in [0.2, 0.25) is 0 Å². The SMILES string of the molecule is Cc1cc(NC(=O)COC(=O)CNC(=O)c2ccco2)n(-c2ccccc2)n1. The minimum absolute atomic E-state index is 0.0788. The van der Waals surface area contributed by atoms with Crippen LogP contribution in [0.1, 0.15) is 16.2 Å². The fourth-order valence-electron chi connectivity index (χ4n) is 2.38. The summed E-state index contributed by atoms with van der Waals surface area (Å²) in [5, 5.41) is 9.33. The van der Waals surface area contributed by atoms with Crippen LogP contribution in [0.3, 0.4) is 0 Å². The van der Waals surface area contributed by atoms with Gasteiger partial charge in [-0.05, 0) is 31.2 Å². The van der Waals surface area contributed by atoms with Gasteiger partial charge in [-0.25, -0.2) is 4.68 Å². The first-order valence-electron chi connectivity index (χ1n) is 8.42. The van der Waals surface area contributed by atoms with E-state index in [1.165, 1.54) is 12.3 Å². The van der Waals surface area contributed by atoms with Crippen molar-refractivity contribution in [3.05, 3.63) is 66.2 Å². The van der Waals surface area contributed by atoms with Gasteiger partial charge < -0.3 is 19.8 Å². The van der Waals surface area contributed by atoms with Gasteiger partial charge in [-0.1, -0.05) is 18.2 Å². The highest BCUT2D eigenvalue weighted by Crippen LogP contribution is 2.16. The summed E-state index contributed by atoms with van der Waals surface area (Å²) in [4.78, 5) is 35.5. The monoisotopic (exact) mass is 382 g/mol. The van der Waals surface area contributed by atoms with Crippen LogP contribution in [0.15, 0.2) is 59.2 Å². The first-order valence-corrected chi connectivity index (χ1v) is 8.42. The van der Waals surface area contributed by atoms with Crippen LogP contribution >= 0.6 is 0 Å². The van der Waals surface area contributed by atoms with Gasteiger partial charge in [0.05, 0.1) is 17.6 Å². The third kappa shape index (κ3) is 4.85. The fourth-order valence-corrected chi connectivity index (χ4v) is 2.38. The van der Waals surface area contributed by atoms with E-state index in [2.05, 4.69) is 15.7 Å². The molecule has 0 aliphatic heterocycles. The van der Waals surface area contributed by atoms with Crippen molar-refractivity contribution >= 4 is 23.6 Å². The maximum absolute atomic E-state index is 12.1. The van der Waals surface area contributed by atoms with Crippen molar-refractivity contribution in [2.24, 2.45) is 0 Å². The molecule has 3 aromatic rings. The van der Waals surface area contributed by atoms with Crippen molar-refractivity contribution in [1.82, 2.24) is 15.1 Å². The van der Waals surface area contributed by atoms with E-state index in [1.54, 1.807) is 23.7 Å². The molecule has 0 atom stereocenters. The predicted molar refractivity (Wildman–Crippen MR) is 98.9 cm³/mol. The van der Waals surface area contributed by atoms with E-state index in [0.717, 1.165) is 11.4 Å². The quantitative estimate of drug-likeness (QED) is 0.601. The number of anilines is 1. The molecule has 2 aromatic heterocycles. The molecule has 144 valence electrons. The number of nitrogens with zero attached hydrogens (tertiary/aromatic N) is 2. The number of para-hydroxylation sites is 1. The average Bonchev–Trinajstić information content (AvgIpc) is 3.35. The van der Waals surface area contributed by atoms with Crippen LogP contribution in [0.4, 0.5) is 5.82 Å². The zero-order valence-electron chi connectivity index (χ0n) is 15.0. The number of rotatable bonds is 7. The topological polar surface area (TPSA) is 115 Å². The van der Waals surface area contributed by atoms with E-state index in [-0.39, 0.29) is 12.3 Å². The molecule has 0 saturated heterocycles. The van der Waals surface area contributed by atoms with Crippen LogP contribution in [0, 0.1) is 6.92 Å². The van der Waals surface area contributed by atoms with E-state index in [0.29, 0.717) is 5.82 Å². The standard InChI is InChI=1S/C19H18N4O5/c1-13-10-16(23(22-13)14-6-3-2-4-7-14)21-17(24)12-28-18(25)11-20-19(26)15-8-5-9-27-15/h2-10H,11-12H2,1H3,(H,20,26)(H,21,24). The maximum Gasteiger partial charge on any atom is 0.325 e. The summed E-state index contributed by atoms with van der Waals surface area (Å²) in [6.07, 6.45) is 1.35. The summed E-state index contributed by atoms with van der Waals surface area (Å²) in [5.74, 6) is -1.29. The van der Waals surface area contributed by atoms with E-state index in [9.17, 15) is 14.4 Å². The Morgan fingerprint density at radius 1 is 1.14 bits per heavy atom. The molecule has 0 radical (unpaired) electrons. The third-order valence-electron chi connectivity index (χ3n) is 3.60. The molecule has 0 unspecified atom stereocenters. The molecular formula is C19H18N4O5. The second-order valence-corrected chi connectivity index (χ2v) is 5.79. The zero-order valence-corrected chi connectivity index (χ0v) is 15.0. The van der Waals surface area contributed by atoms with Crippen LogP contribution < -0.4 is 10.6 Å². The number of aryl methyl sites for hydroxylation is 1. The molecule has 0 aliphatic rings. The van der Waals surface area contributed by atoms with E-state index in [1.807, 2.05) is 30.3 Å². The molecule has 28 heavy (non-hydrogen) atoms. The highest BCUT2D eigenvalue weighted by atomic mass is 16.5. The van der Waals surface area contributed by atoms with Crippen LogP contribution in [-0.2, 0) is 14.3 Å². The van der Waals surface area contributed by atoms with Gasteiger partial charge in [0, 0.05) is 6.07 Å². The Bertz CT molecular complexity index is 964. The highest BCUT2D eigenvalue weighted by molar-refractivity contribution is 5.94. The predicted octanol–water partition coefficient (Wildman–Crippen LogP) is 1.69. The number of hydrogen-bond acceptors (Lipinski definition) is 6. The molecule has 0 spiro atoms. The fraction of sp³-hybridized carbons (Fsp3) is 0.158. The third-order valence-corrected chi connectivity index (χ3v) is 3.60.